The molecule has 2 rings (SSSR count). The third-order valence-electron chi connectivity index (χ3n) is 3.93. The Hall–Kier alpha value is -0.0800. The van der Waals surface area contributed by atoms with Gasteiger partial charge < -0.3 is 10.6 Å². The van der Waals surface area contributed by atoms with Gasteiger partial charge in [0.2, 0.25) is 0 Å². The summed E-state index contributed by atoms with van der Waals surface area (Å²) >= 11 is 0. The van der Waals surface area contributed by atoms with Crippen LogP contribution in [-0.4, -0.2) is 25.2 Å². The van der Waals surface area contributed by atoms with E-state index in [2.05, 4.69) is 10.6 Å². The van der Waals surface area contributed by atoms with Gasteiger partial charge in [0.25, 0.3) is 0 Å². The van der Waals surface area contributed by atoms with Crippen LogP contribution in [0.3, 0.4) is 0 Å². The maximum Gasteiger partial charge on any atom is 0.0969 e. The average molecular weight is 198 g/mol. The van der Waals surface area contributed by atoms with Gasteiger partial charge in [0.05, 0.1) is 25.2 Å². The second-order valence-corrected chi connectivity index (χ2v) is 5.15. The Morgan fingerprint density at radius 3 is 1.93 bits per heavy atom. The normalized spacial score (nSPS) is 27.4. The van der Waals surface area contributed by atoms with Crippen LogP contribution in [0.2, 0.25) is 0 Å². The van der Waals surface area contributed by atoms with E-state index in [4.69, 9.17) is 0 Å². The van der Waals surface area contributed by atoms with Crippen LogP contribution in [0, 0.1) is 0 Å². The number of nitrogens with two attached hydrogens (primary N) is 2. The Morgan fingerprint density at radius 1 is 0.714 bits per heavy atom. The molecule has 0 spiro atoms. The van der Waals surface area contributed by atoms with Gasteiger partial charge in [0, 0.05) is 12.8 Å². The summed E-state index contributed by atoms with van der Waals surface area (Å²) in [6.07, 6.45) is 11.8. The van der Waals surface area contributed by atoms with E-state index < -0.39 is 0 Å². The first-order chi connectivity index (χ1) is 6.95. The minimum atomic E-state index is 0.961. The molecule has 0 aromatic rings. The zero-order valence-corrected chi connectivity index (χ0v) is 9.38. The number of hydrogen-bond donors (Lipinski definition) is 2. The van der Waals surface area contributed by atoms with Crippen LogP contribution in [0.4, 0.5) is 0 Å². The molecule has 14 heavy (non-hydrogen) atoms. The van der Waals surface area contributed by atoms with Gasteiger partial charge in [-0.05, 0) is 25.7 Å². The number of piperidine rings is 1. The van der Waals surface area contributed by atoms with Gasteiger partial charge in [-0.1, -0.05) is 12.8 Å². The Morgan fingerprint density at radius 2 is 1.29 bits per heavy atom. The van der Waals surface area contributed by atoms with Crippen molar-refractivity contribution in [3.8, 4) is 0 Å². The first-order valence-electron chi connectivity index (χ1n) is 6.62. The van der Waals surface area contributed by atoms with Crippen molar-refractivity contribution >= 4 is 0 Å². The molecule has 0 amide bonds. The van der Waals surface area contributed by atoms with Crippen molar-refractivity contribution < 1.29 is 10.6 Å². The van der Waals surface area contributed by atoms with Crippen LogP contribution in [0.5, 0.6) is 0 Å². The molecule has 2 heteroatoms. The molecule has 4 N–H and O–H groups in total. The van der Waals surface area contributed by atoms with Crippen LogP contribution >= 0.6 is 0 Å². The molecule has 2 nitrogen and oxygen atoms in total. The smallest absolute Gasteiger partial charge is 0.0969 e. The number of hydrogen-bond acceptors (Lipinski definition) is 0. The number of rotatable bonds is 2. The number of quaternary nitrogens is 2. The van der Waals surface area contributed by atoms with Crippen molar-refractivity contribution in [2.75, 3.05) is 13.1 Å². The van der Waals surface area contributed by atoms with Crippen molar-refractivity contribution in [2.24, 2.45) is 0 Å². The van der Waals surface area contributed by atoms with E-state index in [-0.39, 0.29) is 0 Å². The third kappa shape index (κ3) is 3.25. The minimum absolute atomic E-state index is 0.961. The van der Waals surface area contributed by atoms with Crippen LogP contribution < -0.4 is 10.6 Å². The van der Waals surface area contributed by atoms with Crippen molar-refractivity contribution in [3.05, 3.63) is 0 Å². The van der Waals surface area contributed by atoms with Gasteiger partial charge in [0.1, 0.15) is 0 Å². The summed E-state index contributed by atoms with van der Waals surface area (Å²) < 4.78 is 0. The fourth-order valence-electron chi connectivity index (χ4n) is 3.03. The summed E-state index contributed by atoms with van der Waals surface area (Å²) in [4.78, 5) is 0. The molecule has 1 saturated carbocycles. The summed E-state index contributed by atoms with van der Waals surface area (Å²) in [5.74, 6) is 0. The van der Waals surface area contributed by atoms with Gasteiger partial charge in [0.15, 0.2) is 0 Å². The molecule has 2 fully saturated rings. The van der Waals surface area contributed by atoms with Crippen molar-refractivity contribution in [2.45, 2.75) is 63.5 Å². The van der Waals surface area contributed by atoms with Crippen molar-refractivity contribution in [3.63, 3.8) is 0 Å². The quantitative estimate of drug-likeness (QED) is 0.586. The molecule has 1 aliphatic heterocycles. The van der Waals surface area contributed by atoms with Crippen LogP contribution in [-0.2, 0) is 0 Å². The van der Waals surface area contributed by atoms with E-state index in [0.29, 0.717) is 0 Å². The lowest BCUT2D eigenvalue weighted by molar-refractivity contribution is -0.752. The van der Waals surface area contributed by atoms with Crippen molar-refractivity contribution in [1.29, 1.82) is 0 Å². The summed E-state index contributed by atoms with van der Waals surface area (Å²) in [7, 11) is 0. The molecule has 2 aliphatic rings. The molecule has 1 saturated heterocycles. The standard InChI is InChI=1S/C12H24N2/c1-2-4-6-11(5-3-1)14-12-7-9-13-10-8-12/h11-14H,1-10H2/p+2. The highest BCUT2D eigenvalue weighted by Crippen LogP contribution is 2.15. The first kappa shape index (κ1) is 10.4. The van der Waals surface area contributed by atoms with Gasteiger partial charge in [-0.3, -0.25) is 0 Å². The summed E-state index contributed by atoms with van der Waals surface area (Å²) in [6.45, 7) is 2.74. The second-order valence-electron chi connectivity index (χ2n) is 5.15. The topological polar surface area (TPSA) is 33.2 Å². The lowest BCUT2D eigenvalue weighted by Crippen LogP contribution is -2.99. The van der Waals surface area contributed by atoms with Crippen LogP contribution in [0.15, 0.2) is 0 Å². The predicted octanol–water partition coefficient (Wildman–Crippen LogP) is -0.00160. The Bertz CT molecular complexity index is 144. The molecule has 0 aromatic carbocycles. The zero-order chi connectivity index (χ0) is 9.64. The Balaban J connectivity index is 1.71. The van der Waals surface area contributed by atoms with Gasteiger partial charge >= 0.3 is 0 Å². The maximum atomic E-state index is 2.72. The minimum Gasteiger partial charge on any atom is -0.346 e. The fourth-order valence-corrected chi connectivity index (χ4v) is 3.03. The highest BCUT2D eigenvalue weighted by Gasteiger charge is 2.23. The van der Waals surface area contributed by atoms with Gasteiger partial charge in [-0.15, -0.1) is 0 Å². The first-order valence-corrected chi connectivity index (χ1v) is 6.62. The van der Waals surface area contributed by atoms with E-state index >= 15 is 0 Å². The molecule has 1 aliphatic carbocycles. The summed E-state index contributed by atoms with van der Waals surface area (Å²) in [5, 5.41) is 5.19. The SMILES string of the molecule is C1CCCC([NH2+]C2CC[NH2+]CC2)CC1. The molecular weight excluding hydrogens is 172 g/mol. The lowest BCUT2D eigenvalue weighted by atomic mass is 10.0. The van der Waals surface area contributed by atoms with E-state index in [1.165, 1.54) is 64.5 Å². The third-order valence-corrected chi connectivity index (χ3v) is 3.93. The fraction of sp³-hybridized carbons (Fsp3) is 1.00. The van der Waals surface area contributed by atoms with E-state index in [1.54, 1.807) is 0 Å². The molecule has 82 valence electrons. The van der Waals surface area contributed by atoms with E-state index in [1.807, 2.05) is 0 Å². The maximum absolute atomic E-state index is 2.72. The van der Waals surface area contributed by atoms with Gasteiger partial charge in [-0.2, -0.15) is 0 Å². The average Bonchev–Trinajstić information content (AvgIpc) is 2.48. The van der Waals surface area contributed by atoms with Crippen molar-refractivity contribution in [1.82, 2.24) is 0 Å². The summed E-state index contributed by atoms with van der Waals surface area (Å²) in [6, 6.07) is 1.93. The molecule has 0 aromatic heterocycles. The largest absolute Gasteiger partial charge is 0.346 e. The molecule has 0 radical (unpaired) electrons. The highest BCUT2D eigenvalue weighted by molar-refractivity contribution is 4.64. The van der Waals surface area contributed by atoms with E-state index in [9.17, 15) is 0 Å². The Labute approximate surface area is 87.8 Å². The highest BCUT2D eigenvalue weighted by atomic mass is 15.0. The van der Waals surface area contributed by atoms with Crippen LogP contribution in [0.25, 0.3) is 0 Å². The zero-order valence-electron chi connectivity index (χ0n) is 9.38. The lowest BCUT2D eigenvalue weighted by Gasteiger charge is -2.23. The molecular formula is C12H26N2+2. The second kappa shape index (κ2) is 5.72. The molecule has 1 heterocycles. The van der Waals surface area contributed by atoms with Gasteiger partial charge in [-0.25, -0.2) is 0 Å². The molecule has 0 bridgehead atoms. The summed E-state index contributed by atoms with van der Waals surface area (Å²) in [5.41, 5.74) is 0. The predicted molar refractivity (Wildman–Crippen MR) is 58.1 cm³/mol. The van der Waals surface area contributed by atoms with Crippen LogP contribution in [0.1, 0.15) is 51.4 Å². The molecule has 0 atom stereocenters. The van der Waals surface area contributed by atoms with E-state index in [0.717, 1.165) is 12.1 Å². The molecule has 0 unspecified atom stereocenters. The monoisotopic (exact) mass is 198 g/mol. The Kier molecular flexibility index (Phi) is 4.26.